The number of nitrogens with zero attached hydrogens (tertiary/aromatic N) is 2. The van der Waals surface area contributed by atoms with Gasteiger partial charge in [-0.15, -0.1) is 12.4 Å². The number of amides is 1. The average molecular weight is 329 g/mol. The maximum atomic E-state index is 12.3. The third-order valence-corrected chi connectivity index (χ3v) is 3.26. The summed E-state index contributed by atoms with van der Waals surface area (Å²) in [6.45, 7) is 2.23. The molecule has 114 valence electrons. The van der Waals surface area contributed by atoms with E-state index in [9.17, 15) is 4.79 Å². The minimum absolute atomic E-state index is 0. The van der Waals surface area contributed by atoms with Gasteiger partial charge in [-0.1, -0.05) is 29.8 Å². The lowest BCUT2D eigenvalue weighted by Crippen LogP contribution is -2.37. The van der Waals surface area contributed by atoms with E-state index in [1.807, 2.05) is 25.1 Å². The number of aromatic nitrogens is 2. The van der Waals surface area contributed by atoms with Gasteiger partial charge < -0.3 is 11.1 Å². The number of aryl methyl sites for hydroxylation is 1. The van der Waals surface area contributed by atoms with E-state index in [1.54, 1.807) is 24.0 Å². The second-order valence-corrected chi connectivity index (χ2v) is 5.06. The molecule has 1 aromatic carbocycles. The largest absolute Gasteiger partial charge is 0.348 e. The molecule has 2 aromatic rings. The molecule has 0 saturated carbocycles. The van der Waals surface area contributed by atoms with Gasteiger partial charge in [-0.25, -0.2) is 0 Å². The summed E-state index contributed by atoms with van der Waals surface area (Å²) in [6.07, 6.45) is 1.68. The van der Waals surface area contributed by atoms with Gasteiger partial charge in [-0.3, -0.25) is 9.48 Å². The molecule has 0 fully saturated rings. The summed E-state index contributed by atoms with van der Waals surface area (Å²) in [5.41, 5.74) is 7.31. The van der Waals surface area contributed by atoms with Crippen molar-refractivity contribution in [1.29, 1.82) is 0 Å². The van der Waals surface area contributed by atoms with Crippen molar-refractivity contribution in [3.63, 3.8) is 0 Å². The molecule has 5 nitrogen and oxygen atoms in total. The van der Waals surface area contributed by atoms with Gasteiger partial charge in [0.15, 0.2) is 0 Å². The first-order valence-electron chi connectivity index (χ1n) is 6.32. The minimum Gasteiger partial charge on any atom is -0.348 e. The zero-order chi connectivity index (χ0) is 14.7. The fraction of sp³-hybridized carbons (Fsp3) is 0.286. The summed E-state index contributed by atoms with van der Waals surface area (Å²) < 4.78 is 1.60. The minimum atomic E-state index is -0.203. The molecule has 2 rings (SSSR count). The third kappa shape index (κ3) is 3.97. The van der Waals surface area contributed by atoms with Gasteiger partial charge in [0.1, 0.15) is 5.69 Å². The van der Waals surface area contributed by atoms with E-state index < -0.39 is 0 Å². The molecule has 21 heavy (non-hydrogen) atoms. The summed E-state index contributed by atoms with van der Waals surface area (Å²) in [5, 5.41) is 7.73. The number of hydrogen-bond acceptors (Lipinski definition) is 3. The molecule has 0 aliphatic heterocycles. The van der Waals surface area contributed by atoms with Gasteiger partial charge in [0, 0.05) is 31.4 Å². The first-order chi connectivity index (χ1) is 9.52. The fourth-order valence-corrected chi connectivity index (χ4v) is 2.09. The Kier molecular flexibility index (Phi) is 6.20. The predicted octanol–water partition coefficient (Wildman–Crippen LogP) is 2.24. The van der Waals surface area contributed by atoms with E-state index >= 15 is 0 Å². The molecule has 0 aliphatic carbocycles. The van der Waals surface area contributed by atoms with Crippen LogP contribution in [-0.4, -0.2) is 28.3 Å². The number of nitrogens with two attached hydrogens (primary N) is 1. The predicted molar refractivity (Wildman–Crippen MR) is 86.9 cm³/mol. The Hall–Kier alpha value is -1.56. The first kappa shape index (κ1) is 17.5. The van der Waals surface area contributed by atoms with Gasteiger partial charge in [0.25, 0.3) is 5.91 Å². The van der Waals surface area contributed by atoms with Crippen LogP contribution in [0.4, 0.5) is 0 Å². The number of carbonyl (C=O) groups is 1. The van der Waals surface area contributed by atoms with Gasteiger partial charge in [0.2, 0.25) is 0 Å². The molecular weight excluding hydrogens is 311 g/mol. The third-order valence-electron chi connectivity index (χ3n) is 2.93. The number of nitrogens with one attached hydrogen (secondary N) is 1. The number of hydrogen-bond donors (Lipinski definition) is 2. The molecule has 0 bridgehead atoms. The van der Waals surface area contributed by atoms with Gasteiger partial charge in [-0.05, 0) is 13.0 Å². The van der Waals surface area contributed by atoms with Crippen molar-refractivity contribution in [2.75, 3.05) is 6.54 Å². The molecule has 1 atom stereocenters. The molecule has 0 radical (unpaired) electrons. The number of halogens is 2. The van der Waals surface area contributed by atoms with Crippen molar-refractivity contribution in [3.8, 4) is 11.3 Å². The highest BCUT2D eigenvalue weighted by Gasteiger charge is 2.19. The van der Waals surface area contributed by atoms with Gasteiger partial charge in [0.05, 0.1) is 10.6 Å². The van der Waals surface area contributed by atoms with E-state index in [1.165, 1.54) is 0 Å². The van der Waals surface area contributed by atoms with Crippen LogP contribution in [0.25, 0.3) is 11.3 Å². The highest BCUT2D eigenvalue weighted by atomic mass is 35.5. The highest BCUT2D eigenvalue weighted by molar-refractivity contribution is 6.33. The van der Waals surface area contributed by atoms with Crippen molar-refractivity contribution in [2.24, 2.45) is 12.8 Å². The molecule has 0 saturated heterocycles. The summed E-state index contributed by atoms with van der Waals surface area (Å²) in [4.78, 5) is 12.3. The molecule has 3 N–H and O–H groups in total. The average Bonchev–Trinajstić information content (AvgIpc) is 2.81. The number of rotatable bonds is 4. The van der Waals surface area contributed by atoms with Crippen molar-refractivity contribution in [2.45, 2.75) is 13.0 Å². The van der Waals surface area contributed by atoms with E-state index in [2.05, 4.69) is 10.4 Å². The highest BCUT2D eigenvalue weighted by Crippen LogP contribution is 2.28. The molecule has 0 spiro atoms. The van der Waals surface area contributed by atoms with E-state index in [0.717, 1.165) is 5.56 Å². The number of carbonyl (C=O) groups excluding carboxylic acids is 1. The smallest absolute Gasteiger partial charge is 0.255 e. The Morgan fingerprint density at radius 2 is 2.14 bits per heavy atom. The number of benzene rings is 1. The van der Waals surface area contributed by atoms with Crippen LogP contribution < -0.4 is 11.1 Å². The Balaban J connectivity index is 0.00000220. The van der Waals surface area contributed by atoms with Gasteiger partial charge in [-0.2, -0.15) is 5.10 Å². The molecule has 1 heterocycles. The van der Waals surface area contributed by atoms with Crippen LogP contribution in [-0.2, 0) is 7.05 Å². The Labute approximate surface area is 134 Å². The zero-order valence-electron chi connectivity index (χ0n) is 11.8. The topological polar surface area (TPSA) is 72.9 Å². The SMILES string of the molecule is C[C@@H](CN)NC(=O)c1cn(C)nc1-c1ccccc1Cl.Cl. The Morgan fingerprint density at radius 1 is 1.48 bits per heavy atom. The monoisotopic (exact) mass is 328 g/mol. The molecule has 0 aliphatic rings. The normalized spacial score (nSPS) is 11.6. The van der Waals surface area contributed by atoms with Crippen LogP contribution in [0.2, 0.25) is 5.02 Å². The molecule has 1 aromatic heterocycles. The zero-order valence-corrected chi connectivity index (χ0v) is 13.4. The van der Waals surface area contributed by atoms with Crippen LogP contribution in [0.15, 0.2) is 30.5 Å². The standard InChI is InChI=1S/C14H17ClN4O.ClH/c1-9(7-16)17-14(20)11-8-19(2)18-13(11)10-5-3-4-6-12(10)15;/h3-6,8-9H,7,16H2,1-2H3,(H,17,20);1H/t9-;/m0./s1. The molecular formula is C14H18Cl2N4O. The van der Waals surface area contributed by atoms with Gasteiger partial charge >= 0.3 is 0 Å². The first-order valence-corrected chi connectivity index (χ1v) is 6.70. The second kappa shape index (κ2) is 7.45. The van der Waals surface area contributed by atoms with E-state index in [0.29, 0.717) is 22.8 Å². The lowest BCUT2D eigenvalue weighted by molar-refractivity contribution is 0.0942. The summed E-state index contributed by atoms with van der Waals surface area (Å²) in [6, 6.07) is 7.22. The van der Waals surface area contributed by atoms with Crippen LogP contribution >= 0.6 is 24.0 Å². The molecule has 1 amide bonds. The lowest BCUT2D eigenvalue weighted by atomic mass is 10.1. The van der Waals surface area contributed by atoms with Crippen LogP contribution in [0.5, 0.6) is 0 Å². The van der Waals surface area contributed by atoms with Crippen molar-refractivity contribution in [3.05, 3.63) is 41.0 Å². The van der Waals surface area contributed by atoms with Crippen LogP contribution in [0.1, 0.15) is 17.3 Å². The van der Waals surface area contributed by atoms with Crippen molar-refractivity contribution in [1.82, 2.24) is 15.1 Å². The lowest BCUT2D eigenvalue weighted by Gasteiger charge is -2.11. The van der Waals surface area contributed by atoms with Crippen molar-refractivity contribution < 1.29 is 4.79 Å². The Morgan fingerprint density at radius 3 is 2.76 bits per heavy atom. The van der Waals surface area contributed by atoms with Crippen molar-refractivity contribution >= 4 is 29.9 Å². The quantitative estimate of drug-likeness (QED) is 0.903. The summed E-state index contributed by atoms with van der Waals surface area (Å²) >= 11 is 6.18. The summed E-state index contributed by atoms with van der Waals surface area (Å²) in [7, 11) is 1.77. The van der Waals surface area contributed by atoms with Crippen LogP contribution in [0, 0.1) is 0 Å². The maximum absolute atomic E-state index is 12.3. The second-order valence-electron chi connectivity index (χ2n) is 4.66. The Bertz CT molecular complexity index is 627. The maximum Gasteiger partial charge on any atom is 0.255 e. The molecule has 0 unspecified atom stereocenters. The van der Waals surface area contributed by atoms with Crippen LogP contribution in [0.3, 0.4) is 0 Å². The van der Waals surface area contributed by atoms with E-state index in [-0.39, 0.29) is 24.4 Å². The summed E-state index contributed by atoms with van der Waals surface area (Å²) in [5.74, 6) is -0.203. The molecule has 7 heteroatoms. The van der Waals surface area contributed by atoms with E-state index in [4.69, 9.17) is 17.3 Å². The fourth-order valence-electron chi connectivity index (χ4n) is 1.87.